The number of anilines is 1. The first-order valence-corrected chi connectivity index (χ1v) is 11.3. The molecule has 0 bridgehead atoms. The summed E-state index contributed by atoms with van der Waals surface area (Å²) in [7, 11) is 0. The lowest BCUT2D eigenvalue weighted by atomic mass is 9.86. The Morgan fingerprint density at radius 3 is 2.79 bits per heavy atom. The molecule has 1 aromatic heterocycles. The van der Waals surface area contributed by atoms with Gasteiger partial charge in [0.25, 0.3) is 5.91 Å². The molecule has 2 atom stereocenters. The smallest absolute Gasteiger partial charge is 0.282 e. The van der Waals surface area contributed by atoms with Gasteiger partial charge in [0.1, 0.15) is 11.7 Å². The van der Waals surface area contributed by atoms with Crippen molar-refractivity contribution in [3.05, 3.63) is 23.4 Å². The fourth-order valence-electron chi connectivity index (χ4n) is 4.87. The van der Waals surface area contributed by atoms with Crippen molar-refractivity contribution in [2.75, 3.05) is 18.0 Å². The summed E-state index contributed by atoms with van der Waals surface area (Å²) in [4.78, 5) is 23.6. The lowest BCUT2D eigenvalue weighted by Gasteiger charge is -2.42. The summed E-state index contributed by atoms with van der Waals surface area (Å²) in [6.07, 6.45) is 12.0. The van der Waals surface area contributed by atoms with Crippen molar-refractivity contribution >= 4 is 17.6 Å². The van der Waals surface area contributed by atoms with E-state index in [4.69, 9.17) is 5.73 Å². The highest BCUT2D eigenvalue weighted by atomic mass is 16.1. The molecule has 3 N–H and O–H groups in total. The van der Waals surface area contributed by atoms with Crippen LogP contribution in [0.15, 0.2) is 17.3 Å². The van der Waals surface area contributed by atoms with Crippen molar-refractivity contribution in [2.45, 2.75) is 84.2 Å². The molecule has 3 rings (SSSR count). The number of amides is 1. The highest BCUT2D eigenvalue weighted by molar-refractivity contribution is 6.05. The maximum absolute atomic E-state index is 12.7. The van der Waals surface area contributed by atoms with Crippen molar-refractivity contribution < 1.29 is 6.22 Å². The van der Waals surface area contributed by atoms with Gasteiger partial charge in [-0.15, -0.1) is 0 Å². The molecule has 0 radical (unpaired) electrons. The number of nitrogens with zero attached hydrogens (tertiary/aromatic N) is 3. The molecule has 162 valence electrons. The standard InChI is InChI=1S/C23H37N5O.H2/c1-4-8-18-15-28(12-11-21(18)27-19-9-6-5-7-10-19)22-20(13-16(2)14-25-22)23(29)26-17(3)24;/h13-14,18-19,21,27H,4-12,15H2,1-3H3,(H2,24,26,29);1H. The first-order valence-electron chi connectivity index (χ1n) is 11.3. The number of carbonyl (C=O) groups excluding carboxylic acids is 1. The molecule has 1 saturated carbocycles. The number of nitrogens with one attached hydrogen (secondary N) is 1. The summed E-state index contributed by atoms with van der Waals surface area (Å²) >= 11 is 0. The number of hydrogen-bond acceptors (Lipinski definition) is 4. The van der Waals surface area contributed by atoms with E-state index in [1.54, 1.807) is 6.92 Å². The van der Waals surface area contributed by atoms with E-state index >= 15 is 0 Å². The van der Waals surface area contributed by atoms with Crippen LogP contribution in [-0.2, 0) is 0 Å². The monoisotopic (exact) mass is 401 g/mol. The highest BCUT2D eigenvalue weighted by Gasteiger charge is 2.32. The van der Waals surface area contributed by atoms with Gasteiger partial charge in [0.05, 0.1) is 5.56 Å². The third-order valence-electron chi connectivity index (χ3n) is 6.26. The molecule has 2 heterocycles. The first kappa shape index (κ1) is 21.8. The number of carbonyl (C=O) groups is 1. The van der Waals surface area contributed by atoms with Crippen LogP contribution in [-0.4, -0.2) is 41.9 Å². The van der Waals surface area contributed by atoms with Gasteiger partial charge < -0.3 is 16.0 Å². The minimum Gasteiger partial charge on any atom is -0.387 e. The minimum atomic E-state index is -0.300. The van der Waals surface area contributed by atoms with Crippen LogP contribution in [0.5, 0.6) is 0 Å². The van der Waals surface area contributed by atoms with Gasteiger partial charge in [-0.05, 0) is 57.1 Å². The van der Waals surface area contributed by atoms with Gasteiger partial charge in [-0.25, -0.2) is 4.98 Å². The molecule has 1 aliphatic heterocycles. The van der Waals surface area contributed by atoms with Crippen molar-refractivity contribution in [3.8, 4) is 0 Å². The number of aromatic nitrogens is 1. The maximum atomic E-state index is 12.7. The summed E-state index contributed by atoms with van der Waals surface area (Å²) in [5, 5.41) is 3.98. The molecule has 29 heavy (non-hydrogen) atoms. The van der Waals surface area contributed by atoms with E-state index in [1.165, 1.54) is 44.9 Å². The predicted molar refractivity (Wildman–Crippen MR) is 122 cm³/mol. The summed E-state index contributed by atoms with van der Waals surface area (Å²) in [5.74, 6) is 1.30. The van der Waals surface area contributed by atoms with Crippen molar-refractivity contribution in [2.24, 2.45) is 16.6 Å². The molecule has 1 saturated heterocycles. The molecule has 0 aromatic carbocycles. The second-order valence-electron chi connectivity index (χ2n) is 8.83. The average Bonchev–Trinajstić information content (AvgIpc) is 2.70. The number of hydrogen-bond donors (Lipinski definition) is 2. The van der Waals surface area contributed by atoms with E-state index in [1.807, 2.05) is 19.2 Å². The number of aliphatic imine (C=N–C) groups is 1. The van der Waals surface area contributed by atoms with Crippen molar-refractivity contribution in [1.29, 1.82) is 0 Å². The Kier molecular flexibility index (Phi) is 7.64. The molecule has 1 aromatic rings. The third kappa shape index (κ3) is 5.78. The molecule has 6 nitrogen and oxygen atoms in total. The van der Waals surface area contributed by atoms with Crippen molar-refractivity contribution in [3.63, 3.8) is 0 Å². The van der Waals surface area contributed by atoms with E-state index in [2.05, 4.69) is 27.1 Å². The van der Waals surface area contributed by atoms with Crippen LogP contribution in [0.2, 0.25) is 0 Å². The number of piperidine rings is 1. The van der Waals surface area contributed by atoms with Crippen LogP contribution in [0, 0.1) is 12.8 Å². The summed E-state index contributed by atoms with van der Waals surface area (Å²) < 4.78 is 0. The minimum absolute atomic E-state index is 0. The van der Waals surface area contributed by atoms with Crippen LogP contribution in [0.1, 0.15) is 82.6 Å². The molecule has 6 heteroatoms. The number of amidine groups is 1. The van der Waals surface area contributed by atoms with Gasteiger partial charge in [-0.3, -0.25) is 4.79 Å². The topological polar surface area (TPSA) is 83.6 Å². The van der Waals surface area contributed by atoms with E-state index in [0.717, 1.165) is 30.9 Å². The lowest BCUT2D eigenvalue weighted by Crippen LogP contribution is -2.52. The number of aryl methyl sites for hydroxylation is 1. The molecule has 1 aliphatic carbocycles. The van der Waals surface area contributed by atoms with E-state index in [-0.39, 0.29) is 13.2 Å². The SMILES string of the molecule is CCCC1CN(c2ncc(C)cc2C(=O)N=C(C)N)CCC1NC1CCCCC1.[HH]. The van der Waals surface area contributed by atoms with Crippen LogP contribution in [0.4, 0.5) is 5.82 Å². The van der Waals surface area contributed by atoms with Gasteiger partial charge in [0.15, 0.2) is 0 Å². The van der Waals surface area contributed by atoms with Crippen LogP contribution in [0.3, 0.4) is 0 Å². The van der Waals surface area contributed by atoms with Crippen LogP contribution >= 0.6 is 0 Å². The van der Waals surface area contributed by atoms with Gasteiger partial charge >= 0.3 is 0 Å². The van der Waals surface area contributed by atoms with Gasteiger partial charge in [-0.2, -0.15) is 4.99 Å². The average molecular weight is 402 g/mol. The van der Waals surface area contributed by atoms with E-state index in [9.17, 15) is 4.79 Å². The third-order valence-corrected chi connectivity index (χ3v) is 6.26. The largest absolute Gasteiger partial charge is 0.387 e. The number of rotatable bonds is 6. The number of nitrogens with two attached hydrogens (primary N) is 1. The van der Waals surface area contributed by atoms with Gasteiger partial charge in [-0.1, -0.05) is 32.6 Å². The summed E-state index contributed by atoms with van der Waals surface area (Å²) in [6.45, 7) is 7.69. The second-order valence-corrected chi connectivity index (χ2v) is 8.83. The molecular formula is C23H39N5O. The molecule has 0 spiro atoms. The molecule has 2 unspecified atom stereocenters. The maximum Gasteiger partial charge on any atom is 0.282 e. The Hall–Kier alpha value is -1.95. The quantitative estimate of drug-likeness (QED) is 0.554. The summed E-state index contributed by atoms with van der Waals surface area (Å²) in [6, 6.07) is 3.12. The zero-order chi connectivity index (χ0) is 20.8. The Bertz CT molecular complexity index is 728. The zero-order valence-electron chi connectivity index (χ0n) is 18.3. The first-order chi connectivity index (χ1) is 14.0. The second kappa shape index (κ2) is 10.2. The van der Waals surface area contributed by atoms with Crippen LogP contribution < -0.4 is 16.0 Å². The summed E-state index contributed by atoms with van der Waals surface area (Å²) in [5.41, 5.74) is 7.17. The highest BCUT2D eigenvalue weighted by Crippen LogP contribution is 2.29. The van der Waals surface area contributed by atoms with Gasteiger partial charge in [0, 0.05) is 32.8 Å². The lowest BCUT2D eigenvalue weighted by molar-refractivity contribution is 0.100. The fourth-order valence-corrected chi connectivity index (χ4v) is 4.87. The molecule has 2 fully saturated rings. The Morgan fingerprint density at radius 2 is 2.10 bits per heavy atom. The van der Waals surface area contributed by atoms with E-state index in [0.29, 0.717) is 23.6 Å². The van der Waals surface area contributed by atoms with Crippen molar-refractivity contribution in [1.82, 2.24) is 10.3 Å². The normalized spacial score (nSPS) is 24.0. The number of pyridine rings is 1. The fraction of sp³-hybridized carbons (Fsp3) is 0.696. The van der Waals surface area contributed by atoms with Crippen LogP contribution in [0.25, 0.3) is 0 Å². The Morgan fingerprint density at radius 1 is 1.34 bits per heavy atom. The molecule has 1 amide bonds. The zero-order valence-corrected chi connectivity index (χ0v) is 18.3. The molecule has 2 aliphatic rings. The molecular weight excluding hydrogens is 362 g/mol. The predicted octanol–water partition coefficient (Wildman–Crippen LogP) is 4.07. The van der Waals surface area contributed by atoms with E-state index < -0.39 is 0 Å². The Balaban J connectivity index is 0.00000320. The Labute approximate surface area is 176 Å². The van der Waals surface area contributed by atoms with Gasteiger partial charge in [0.2, 0.25) is 0 Å².